The van der Waals surface area contributed by atoms with Crippen LogP contribution in [-0.4, -0.2) is 43.1 Å². The molecule has 7 heteroatoms. The van der Waals surface area contributed by atoms with Crippen LogP contribution in [0, 0.1) is 13.8 Å². The van der Waals surface area contributed by atoms with Crippen molar-refractivity contribution in [3.63, 3.8) is 0 Å². The molecule has 0 aliphatic heterocycles. The van der Waals surface area contributed by atoms with Gasteiger partial charge in [0.2, 0.25) is 0 Å². The molecular weight excluding hydrogens is 358 g/mol. The number of aryl methyl sites for hydroxylation is 2. The molecule has 0 atom stereocenters. The normalized spacial score (nSPS) is 11.1. The van der Waals surface area contributed by atoms with E-state index in [1.165, 1.54) is 13.3 Å². The minimum absolute atomic E-state index is 0.324. The van der Waals surface area contributed by atoms with E-state index in [-0.39, 0.29) is 0 Å². The van der Waals surface area contributed by atoms with Crippen molar-refractivity contribution in [3.05, 3.63) is 53.4 Å². The number of aromatic nitrogens is 2. The van der Waals surface area contributed by atoms with Crippen molar-refractivity contribution in [3.8, 4) is 17.5 Å². The average molecular weight is 385 g/mol. The molecule has 0 unspecified atom stereocenters. The third-order valence-electron chi connectivity index (χ3n) is 3.74. The highest BCUT2D eigenvalue weighted by molar-refractivity contribution is 5.77. The molecule has 1 aromatic carbocycles. The Morgan fingerprint density at radius 2 is 1.68 bits per heavy atom. The largest absolute Gasteiger partial charge is 0.493 e. The Morgan fingerprint density at radius 1 is 1.00 bits per heavy atom. The third-order valence-corrected chi connectivity index (χ3v) is 3.74. The second-order valence-corrected chi connectivity index (χ2v) is 6.03. The van der Waals surface area contributed by atoms with Gasteiger partial charge in [-0.25, -0.2) is 9.97 Å². The van der Waals surface area contributed by atoms with Gasteiger partial charge in [0, 0.05) is 24.4 Å². The monoisotopic (exact) mass is 385 g/mol. The number of hydrogen-bond acceptors (Lipinski definition) is 7. The summed E-state index contributed by atoms with van der Waals surface area (Å²) in [4.78, 5) is 12.8. The smallest absolute Gasteiger partial charge is 0.316 e. The van der Waals surface area contributed by atoms with Crippen molar-refractivity contribution >= 4 is 6.21 Å². The van der Waals surface area contributed by atoms with E-state index in [2.05, 4.69) is 20.0 Å². The van der Waals surface area contributed by atoms with Crippen LogP contribution in [0.4, 0.5) is 0 Å². The number of allylic oxidation sites excluding steroid dienone is 1. The van der Waals surface area contributed by atoms with E-state index in [0.717, 1.165) is 28.2 Å². The van der Waals surface area contributed by atoms with Crippen molar-refractivity contribution in [1.82, 2.24) is 9.97 Å². The summed E-state index contributed by atoms with van der Waals surface area (Å²) in [5, 5.41) is 3.65. The van der Waals surface area contributed by atoms with Crippen molar-refractivity contribution in [2.75, 3.05) is 26.9 Å². The zero-order valence-corrected chi connectivity index (χ0v) is 16.8. The van der Waals surface area contributed by atoms with Crippen LogP contribution in [0.3, 0.4) is 0 Å². The molecule has 28 heavy (non-hydrogen) atoms. The molecule has 0 spiro atoms. The standard InChI is InChI=1S/C21H27N3O4/c1-5-6-8-26-19-11-16(2)20(17(3)12-19)27-9-7-10-28-21-22-13-18(14-23-21)15-24-25-4/h5-6,11-15H,7-10H2,1-4H3/b6-5+,24-15?. The summed E-state index contributed by atoms with van der Waals surface area (Å²) in [6, 6.07) is 4.31. The zero-order valence-electron chi connectivity index (χ0n) is 16.8. The lowest BCUT2D eigenvalue weighted by atomic mass is 10.1. The van der Waals surface area contributed by atoms with Gasteiger partial charge in [0.15, 0.2) is 0 Å². The molecule has 0 fully saturated rings. The van der Waals surface area contributed by atoms with Gasteiger partial charge in [0.05, 0.1) is 19.4 Å². The van der Waals surface area contributed by atoms with Crippen LogP contribution in [0.15, 0.2) is 41.8 Å². The van der Waals surface area contributed by atoms with Crippen LogP contribution < -0.4 is 14.2 Å². The van der Waals surface area contributed by atoms with E-state index in [1.54, 1.807) is 12.4 Å². The maximum absolute atomic E-state index is 5.93. The number of oxime groups is 1. The van der Waals surface area contributed by atoms with Gasteiger partial charge < -0.3 is 19.0 Å². The molecule has 7 nitrogen and oxygen atoms in total. The average Bonchev–Trinajstić information content (AvgIpc) is 2.69. The van der Waals surface area contributed by atoms with Crippen LogP contribution in [0.2, 0.25) is 0 Å². The van der Waals surface area contributed by atoms with Gasteiger partial charge in [-0.2, -0.15) is 0 Å². The van der Waals surface area contributed by atoms with Crippen LogP contribution in [0.5, 0.6) is 17.5 Å². The Kier molecular flexibility index (Phi) is 8.78. The Labute approximate surface area is 166 Å². The Hall–Kier alpha value is -3.09. The fraction of sp³-hybridized carbons (Fsp3) is 0.381. The topological polar surface area (TPSA) is 75.1 Å². The molecule has 0 radical (unpaired) electrons. The van der Waals surface area contributed by atoms with Gasteiger partial charge >= 0.3 is 6.01 Å². The Balaban J connectivity index is 1.76. The van der Waals surface area contributed by atoms with Crippen molar-refractivity contribution in [2.24, 2.45) is 5.16 Å². The molecule has 0 aliphatic rings. The highest BCUT2D eigenvalue weighted by Gasteiger charge is 2.07. The highest BCUT2D eigenvalue weighted by Crippen LogP contribution is 2.28. The molecule has 0 aliphatic carbocycles. The predicted molar refractivity (Wildman–Crippen MR) is 108 cm³/mol. The van der Waals surface area contributed by atoms with E-state index >= 15 is 0 Å². The van der Waals surface area contributed by atoms with Crippen LogP contribution in [-0.2, 0) is 4.84 Å². The van der Waals surface area contributed by atoms with E-state index in [4.69, 9.17) is 14.2 Å². The molecule has 2 aromatic rings. The maximum Gasteiger partial charge on any atom is 0.316 e. The second kappa shape index (κ2) is 11.6. The molecular formula is C21H27N3O4. The molecule has 0 bridgehead atoms. The second-order valence-electron chi connectivity index (χ2n) is 6.03. The summed E-state index contributed by atoms with van der Waals surface area (Å²) in [5.74, 6) is 1.73. The first-order valence-corrected chi connectivity index (χ1v) is 9.13. The van der Waals surface area contributed by atoms with Gasteiger partial charge in [0.1, 0.15) is 25.2 Å². The van der Waals surface area contributed by atoms with Crippen molar-refractivity contribution in [1.29, 1.82) is 0 Å². The fourth-order valence-corrected chi connectivity index (χ4v) is 2.44. The SMILES string of the molecule is C/C=C/COc1cc(C)c(OCCCOc2ncc(C=NOC)cn2)c(C)c1. The van der Waals surface area contributed by atoms with Gasteiger partial charge in [0.25, 0.3) is 0 Å². The first-order valence-electron chi connectivity index (χ1n) is 9.13. The molecule has 1 aromatic heterocycles. The molecule has 150 valence electrons. The van der Waals surface area contributed by atoms with Gasteiger partial charge in [-0.1, -0.05) is 17.3 Å². The van der Waals surface area contributed by atoms with Gasteiger partial charge in [-0.3, -0.25) is 0 Å². The number of ether oxygens (including phenoxy) is 3. The van der Waals surface area contributed by atoms with Gasteiger partial charge in [-0.15, -0.1) is 0 Å². The molecule has 0 saturated carbocycles. The quantitative estimate of drug-likeness (QED) is 0.253. The lowest BCUT2D eigenvalue weighted by Crippen LogP contribution is -2.08. The molecule has 0 amide bonds. The number of nitrogens with zero attached hydrogens (tertiary/aromatic N) is 3. The minimum Gasteiger partial charge on any atom is -0.493 e. The lowest BCUT2D eigenvalue weighted by molar-refractivity contribution is 0.215. The summed E-state index contributed by atoms with van der Waals surface area (Å²) in [7, 11) is 1.48. The van der Waals surface area contributed by atoms with Gasteiger partial charge in [-0.05, 0) is 44.0 Å². The zero-order chi connectivity index (χ0) is 20.2. The summed E-state index contributed by atoms with van der Waals surface area (Å²) in [6.45, 7) is 7.58. The predicted octanol–water partition coefficient (Wildman–Crippen LogP) is 3.88. The summed E-state index contributed by atoms with van der Waals surface area (Å²) >= 11 is 0. The summed E-state index contributed by atoms with van der Waals surface area (Å²) in [6.07, 6.45) is 9.42. The number of hydrogen-bond donors (Lipinski definition) is 0. The Morgan fingerprint density at radius 3 is 2.32 bits per heavy atom. The van der Waals surface area contributed by atoms with E-state index in [0.29, 0.717) is 32.3 Å². The summed E-state index contributed by atoms with van der Waals surface area (Å²) in [5.41, 5.74) is 2.84. The summed E-state index contributed by atoms with van der Waals surface area (Å²) < 4.78 is 17.2. The Bertz CT molecular complexity index is 766. The number of rotatable bonds is 11. The molecule has 1 heterocycles. The first kappa shape index (κ1) is 21.2. The number of benzene rings is 1. The fourth-order valence-electron chi connectivity index (χ4n) is 2.44. The molecule has 0 N–H and O–H groups in total. The molecule has 2 rings (SSSR count). The maximum atomic E-state index is 5.93. The first-order chi connectivity index (χ1) is 13.6. The van der Waals surface area contributed by atoms with E-state index in [1.807, 2.05) is 45.1 Å². The molecule has 0 saturated heterocycles. The van der Waals surface area contributed by atoms with Crippen molar-refractivity contribution < 1.29 is 19.0 Å². The lowest BCUT2D eigenvalue weighted by Gasteiger charge is -2.14. The van der Waals surface area contributed by atoms with E-state index < -0.39 is 0 Å². The van der Waals surface area contributed by atoms with Crippen LogP contribution in [0.25, 0.3) is 0 Å². The van der Waals surface area contributed by atoms with Crippen LogP contribution in [0.1, 0.15) is 30.0 Å². The minimum atomic E-state index is 0.324. The van der Waals surface area contributed by atoms with Crippen LogP contribution >= 0.6 is 0 Å². The third kappa shape index (κ3) is 6.90. The van der Waals surface area contributed by atoms with Crippen molar-refractivity contribution in [2.45, 2.75) is 27.2 Å². The highest BCUT2D eigenvalue weighted by atomic mass is 16.6. The van der Waals surface area contributed by atoms with E-state index in [9.17, 15) is 0 Å².